The number of aromatic nitrogens is 2. The van der Waals surface area contributed by atoms with E-state index >= 15 is 0 Å². The highest BCUT2D eigenvalue weighted by Gasteiger charge is 2.53. The number of imide groups is 1. The molecule has 0 bridgehead atoms. The molecular weight excluding hydrogens is 843 g/mol. The number of nitrogens with one attached hydrogen (secondary N) is 2. The fourth-order valence-corrected chi connectivity index (χ4v) is 9.85. The third-order valence-corrected chi connectivity index (χ3v) is 12.8. The molecule has 2 aromatic carbocycles. The largest absolute Gasteiger partial charge is 0.417 e. The number of nitriles is 1. The van der Waals surface area contributed by atoms with Crippen molar-refractivity contribution in [1.82, 2.24) is 29.8 Å². The van der Waals surface area contributed by atoms with Crippen molar-refractivity contribution in [3.8, 4) is 6.07 Å². The Morgan fingerprint density at radius 1 is 1.03 bits per heavy atom. The third-order valence-electron chi connectivity index (χ3n) is 12.4. The van der Waals surface area contributed by atoms with E-state index in [2.05, 4.69) is 15.7 Å². The molecule has 3 aliphatic heterocycles. The lowest BCUT2D eigenvalue weighted by Gasteiger charge is -2.42. The summed E-state index contributed by atoms with van der Waals surface area (Å²) >= 11 is 5.72. The van der Waals surface area contributed by atoms with Crippen LogP contribution in [-0.2, 0) is 27.6 Å². The van der Waals surface area contributed by atoms with Gasteiger partial charge >= 0.3 is 18.4 Å². The highest BCUT2D eigenvalue weighted by Crippen LogP contribution is 2.42. The van der Waals surface area contributed by atoms with Crippen LogP contribution in [0.25, 0.3) is 10.9 Å². The monoisotopic (exact) mass is 888 g/mol. The van der Waals surface area contributed by atoms with E-state index in [1.54, 1.807) is 55.0 Å². The average molecular weight is 889 g/mol. The lowest BCUT2D eigenvalue weighted by atomic mass is 9.82. The number of amides is 5. The van der Waals surface area contributed by atoms with Crippen molar-refractivity contribution in [2.75, 3.05) is 54.4 Å². The zero-order valence-electron chi connectivity index (χ0n) is 34.3. The molecule has 0 spiro atoms. The van der Waals surface area contributed by atoms with E-state index in [0.29, 0.717) is 48.9 Å². The Morgan fingerprint density at radius 3 is 2.42 bits per heavy atom. The SMILES string of the molecule is Cn1nc(N2CCC(=O)NC2=O)c2cccc(NC(=O)CN3CCN(CCCC4CCC(N5C(=S)N(c6ccc(C#N)c(C(F)(F)F)c6)C(=O)C5(C)C)CC4)C[C@@H]3C(F)(F)F)c21. The van der Waals surface area contributed by atoms with Gasteiger partial charge in [0, 0.05) is 51.1 Å². The van der Waals surface area contributed by atoms with Crippen molar-refractivity contribution in [3.05, 3.63) is 47.5 Å². The Labute approximate surface area is 358 Å². The Hall–Kier alpha value is -5.33. The first-order chi connectivity index (χ1) is 29.2. The van der Waals surface area contributed by atoms with E-state index < -0.39 is 65.4 Å². The first-order valence-electron chi connectivity index (χ1n) is 20.4. The molecule has 1 aliphatic carbocycles. The van der Waals surface area contributed by atoms with Gasteiger partial charge in [0.05, 0.1) is 40.6 Å². The molecule has 62 heavy (non-hydrogen) atoms. The van der Waals surface area contributed by atoms with E-state index in [4.69, 9.17) is 12.2 Å². The van der Waals surface area contributed by atoms with Crippen LogP contribution in [0.4, 0.5) is 48.3 Å². The summed E-state index contributed by atoms with van der Waals surface area (Å²) in [5.41, 5.74) is -2.13. The van der Waals surface area contributed by atoms with E-state index in [1.165, 1.54) is 15.6 Å². The predicted octanol–water partition coefficient (Wildman–Crippen LogP) is 6.15. The molecule has 1 saturated carbocycles. The molecule has 1 atom stereocenters. The Bertz CT molecular complexity index is 2320. The van der Waals surface area contributed by atoms with Crippen LogP contribution >= 0.6 is 12.2 Å². The van der Waals surface area contributed by atoms with Crippen LogP contribution in [0.2, 0.25) is 0 Å². The van der Waals surface area contributed by atoms with Gasteiger partial charge in [0.1, 0.15) is 11.6 Å². The molecule has 332 valence electrons. The number of halogens is 6. The van der Waals surface area contributed by atoms with Gasteiger partial charge < -0.3 is 15.1 Å². The van der Waals surface area contributed by atoms with Gasteiger partial charge in [-0.1, -0.05) is 6.07 Å². The number of carbonyl (C=O) groups excluding carboxylic acids is 4. The normalized spacial score (nSPS) is 23.0. The molecule has 2 N–H and O–H groups in total. The number of piperazine rings is 1. The predicted molar refractivity (Wildman–Crippen MR) is 220 cm³/mol. The Kier molecular flexibility index (Phi) is 12.3. The number of urea groups is 1. The van der Waals surface area contributed by atoms with Crippen molar-refractivity contribution in [2.45, 2.75) is 88.8 Å². The first-order valence-corrected chi connectivity index (χ1v) is 20.8. The van der Waals surface area contributed by atoms with Crippen LogP contribution in [0.1, 0.15) is 69.9 Å². The number of fused-ring (bicyclic) bond motifs is 1. The van der Waals surface area contributed by atoms with Gasteiger partial charge in [-0.3, -0.25) is 39.1 Å². The fraction of sp³-hybridized carbons (Fsp3) is 0.537. The van der Waals surface area contributed by atoms with Crippen LogP contribution < -0.4 is 20.4 Å². The summed E-state index contributed by atoms with van der Waals surface area (Å²) < 4.78 is 86.2. The molecule has 21 heteroatoms. The van der Waals surface area contributed by atoms with Crippen molar-refractivity contribution < 1.29 is 45.5 Å². The minimum absolute atomic E-state index is 0.0206. The maximum absolute atomic E-state index is 14.5. The summed E-state index contributed by atoms with van der Waals surface area (Å²) in [6, 6.07) is 6.95. The van der Waals surface area contributed by atoms with Gasteiger partial charge in [0.25, 0.3) is 5.91 Å². The molecule has 5 amide bonds. The molecule has 4 fully saturated rings. The summed E-state index contributed by atoms with van der Waals surface area (Å²) in [6.45, 7) is 3.50. The van der Waals surface area contributed by atoms with Gasteiger partial charge in [0.15, 0.2) is 10.9 Å². The third kappa shape index (κ3) is 8.81. The lowest BCUT2D eigenvalue weighted by Crippen LogP contribution is -2.60. The Morgan fingerprint density at radius 2 is 1.76 bits per heavy atom. The molecule has 7 rings (SSSR count). The van der Waals surface area contributed by atoms with Crippen molar-refractivity contribution >= 4 is 69.2 Å². The maximum atomic E-state index is 14.5. The topological polar surface area (TPSA) is 150 Å². The molecule has 3 aromatic rings. The molecule has 14 nitrogen and oxygen atoms in total. The number of hydrogen-bond acceptors (Lipinski definition) is 9. The smallest absolute Gasteiger partial charge is 0.331 e. The quantitative estimate of drug-likeness (QED) is 0.179. The van der Waals surface area contributed by atoms with Crippen LogP contribution in [0.5, 0.6) is 0 Å². The van der Waals surface area contributed by atoms with E-state index in [1.807, 2.05) is 0 Å². The zero-order valence-corrected chi connectivity index (χ0v) is 35.1. The summed E-state index contributed by atoms with van der Waals surface area (Å²) in [5.74, 6) is -0.945. The number of para-hydroxylation sites is 1. The zero-order chi connectivity index (χ0) is 44.9. The molecule has 3 saturated heterocycles. The second-order valence-corrected chi connectivity index (χ2v) is 17.2. The highest BCUT2D eigenvalue weighted by molar-refractivity contribution is 7.80. The van der Waals surface area contributed by atoms with Gasteiger partial charge in [0.2, 0.25) is 11.8 Å². The summed E-state index contributed by atoms with van der Waals surface area (Å²) in [6.07, 6.45) is -4.99. The summed E-state index contributed by atoms with van der Waals surface area (Å²) in [4.78, 5) is 58.3. The molecule has 0 radical (unpaired) electrons. The molecule has 4 heterocycles. The number of thiocarbonyl (C=S) groups is 1. The molecule has 4 aliphatic rings. The number of nitrogens with zero attached hydrogens (tertiary/aromatic N) is 8. The second kappa shape index (κ2) is 17.1. The van der Waals surface area contributed by atoms with Crippen LogP contribution in [0, 0.1) is 17.2 Å². The number of anilines is 3. The number of aryl methyl sites for hydroxylation is 1. The highest BCUT2D eigenvalue weighted by atomic mass is 32.1. The van der Waals surface area contributed by atoms with Crippen LogP contribution in [0.3, 0.4) is 0 Å². The number of alkyl halides is 6. The van der Waals surface area contributed by atoms with Gasteiger partial charge in [-0.15, -0.1) is 0 Å². The molecule has 0 unspecified atom stereocenters. The van der Waals surface area contributed by atoms with E-state index in [0.717, 1.165) is 41.2 Å². The number of rotatable bonds is 10. The standard InChI is InChI=1S/C41H46F6N10O4S/c1-39(2)36(60)56(27-14-11-25(21-48)29(20-27)40(42,43)44)38(62)57(39)26-12-9-24(10-13-26)6-5-16-53-18-19-54(31(22-53)41(45,46)47)23-33(59)49-30-8-4-7-28-34(30)52(3)51-35(28)55-17-15-32(58)50-37(55)61/h4,7-8,11,14,20,24,26,31H,5-6,9-10,12-13,15-19,22-23H2,1-3H3,(H,49,59)(H,50,58,61)/t24?,26?,31-/m1/s1. The Balaban J connectivity index is 0.910. The second-order valence-electron chi connectivity index (χ2n) is 16.8. The van der Waals surface area contributed by atoms with Gasteiger partial charge in [-0.2, -0.15) is 36.7 Å². The lowest BCUT2D eigenvalue weighted by molar-refractivity contribution is -0.197. The molecule has 1 aromatic heterocycles. The van der Waals surface area contributed by atoms with Crippen LogP contribution in [-0.4, -0.2) is 116 Å². The van der Waals surface area contributed by atoms with Gasteiger partial charge in [-0.05, 0) is 107 Å². The minimum atomic E-state index is -4.81. The van der Waals surface area contributed by atoms with Crippen molar-refractivity contribution in [2.24, 2.45) is 13.0 Å². The summed E-state index contributed by atoms with van der Waals surface area (Å²) in [7, 11) is 1.61. The number of hydrogen-bond donors (Lipinski definition) is 2. The first kappa shape index (κ1) is 44.7. The average Bonchev–Trinajstić information content (AvgIpc) is 3.63. The number of benzene rings is 2. The molecular formula is C41H46F6N10O4S. The van der Waals surface area contributed by atoms with Gasteiger partial charge in [-0.25, -0.2) is 4.79 Å². The van der Waals surface area contributed by atoms with E-state index in [9.17, 15) is 50.8 Å². The summed E-state index contributed by atoms with van der Waals surface area (Å²) in [5, 5.41) is 19.3. The van der Waals surface area contributed by atoms with Crippen molar-refractivity contribution in [3.63, 3.8) is 0 Å². The fourth-order valence-electron chi connectivity index (χ4n) is 9.29. The number of carbonyl (C=O) groups is 4. The van der Waals surface area contributed by atoms with Crippen LogP contribution in [0.15, 0.2) is 36.4 Å². The van der Waals surface area contributed by atoms with E-state index in [-0.39, 0.29) is 54.6 Å². The van der Waals surface area contributed by atoms with Crippen molar-refractivity contribution in [1.29, 1.82) is 5.26 Å². The maximum Gasteiger partial charge on any atom is 0.417 e. The minimum Gasteiger partial charge on any atom is -0.331 e.